The first-order valence-electron chi connectivity index (χ1n) is 9.49. The first kappa shape index (κ1) is 18.9. The van der Waals surface area contributed by atoms with Crippen LogP contribution in [0.15, 0.2) is 29.1 Å². The molecule has 3 aromatic rings. The Bertz CT molecular complexity index is 1450. The summed E-state index contributed by atoms with van der Waals surface area (Å²) in [5, 5.41) is 33.6. The van der Waals surface area contributed by atoms with E-state index in [1.807, 2.05) is 0 Å². The molecule has 0 amide bonds. The highest BCUT2D eigenvalue weighted by Gasteiger charge is 2.52. The van der Waals surface area contributed by atoms with E-state index < -0.39 is 34.3 Å². The summed E-state index contributed by atoms with van der Waals surface area (Å²) in [7, 11) is 0. The number of nitriles is 1. The van der Waals surface area contributed by atoms with E-state index in [9.17, 15) is 30.1 Å². The molecule has 2 aromatic heterocycles. The second-order valence-electron chi connectivity index (χ2n) is 7.43. The normalized spacial score (nSPS) is 18.7. The predicted octanol–water partition coefficient (Wildman–Crippen LogP) is 1.86. The van der Waals surface area contributed by atoms with Crippen LogP contribution in [0.5, 0.6) is 0 Å². The fourth-order valence-electron chi connectivity index (χ4n) is 4.48. The minimum atomic E-state index is -2.33. The number of rotatable bonds is 2. The third kappa shape index (κ3) is 2.26. The number of pyridine rings is 2. The number of hydrogen-bond acceptors (Lipinski definition) is 8. The molecule has 31 heavy (non-hydrogen) atoms. The van der Waals surface area contributed by atoms with Crippen molar-refractivity contribution in [3.05, 3.63) is 67.0 Å². The molecule has 10 heteroatoms. The van der Waals surface area contributed by atoms with Gasteiger partial charge in [-0.25, -0.2) is 9.78 Å². The van der Waals surface area contributed by atoms with E-state index in [2.05, 4.69) is 11.1 Å². The third-order valence-corrected chi connectivity index (χ3v) is 5.97. The topological polar surface area (TPSA) is 148 Å². The molecule has 0 spiro atoms. The van der Waals surface area contributed by atoms with E-state index >= 15 is 0 Å². The van der Waals surface area contributed by atoms with Crippen LogP contribution in [-0.2, 0) is 28.3 Å². The van der Waals surface area contributed by atoms with Crippen molar-refractivity contribution >= 4 is 22.6 Å². The van der Waals surface area contributed by atoms with Crippen LogP contribution in [0.2, 0.25) is 0 Å². The number of aromatic nitrogens is 2. The molecule has 4 heterocycles. The van der Waals surface area contributed by atoms with Gasteiger partial charge in [-0.2, -0.15) is 5.26 Å². The fraction of sp³-hybridized carbons (Fsp3) is 0.238. The number of benzene rings is 1. The molecule has 0 unspecified atom stereocenters. The number of hydrogen-bond donors (Lipinski definition) is 1. The summed E-state index contributed by atoms with van der Waals surface area (Å²) in [5.41, 5.74) is -2.92. The van der Waals surface area contributed by atoms with E-state index in [0.717, 1.165) is 0 Å². The Morgan fingerprint density at radius 3 is 2.77 bits per heavy atom. The maximum Gasteiger partial charge on any atom is 0.343 e. The zero-order chi connectivity index (χ0) is 22.1. The van der Waals surface area contributed by atoms with Crippen LogP contribution >= 0.6 is 0 Å². The van der Waals surface area contributed by atoms with Crippen molar-refractivity contribution in [3.63, 3.8) is 0 Å². The highest BCUT2D eigenvalue weighted by Crippen LogP contribution is 2.46. The number of nitrogens with zero attached hydrogens (tertiary/aromatic N) is 4. The summed E-state index contributed by atoms with van der Waals surface area (Å²) >= 11 is 0. The minimum Gasteiger partial charge on any atom is -0.458 e. The molecule has 0 fully saturated rings. The molecule has 5 rings (SSSR count). The van der Waals surface area contributed by atoms with Gasteiger partial charge < -0.3 is 9.84 Å². The van der Waals surface area contributed by atoms with E-state index in [4.69, 9.17) is 4.74 Å². The number of ether oxygens (including phenoxy) is 1. The zero-order valence-corrected chi connectivity index (χ0v) is 16.2. The second kappa shape index (κ2) is 6.20. The van der Waals surface area contributed by atoms with Crippen LogP contribution in [0, 0.1) is 21.4 Å². The molecular weight excluding hydrogens is 404 g/mol. The van der Waals surface area contributed by atoms with Crippen molar-refractivity contribution in [1.82, 2.24) is 9.55 Å². The number of nitro groups is 1. The molecule has 0 saturated heterocycles. The van der Waals surface area contributed by atoms with Crippen LogP contribution in [0.3, 0.4) is 0 Å². The Hall–Kier alpha value is -4.10. The smallest absolute Gasteiger partial charge is 0.343 e. The maximum absolute atomic E-state index is 13.3. The summed E-state index contributed by atoms with van der Waals surface area (Å²) in [6.45, 7) is 0.905. The third-order valence-electron chi connectivity index (χ3n) is 5.97. The highest BCUT2D eigenvalue weighted by atomic mass is 16.6. The van der Waals surface area contributed by atoms with Gasteiger partial charge >= 0.3 is 11.7 Å². The largest absolute Gasteiger partial charge is 0.458 e. The number of fused-ring (bicyclic) bond motifs is 5. The summed E-state index contributed by atoms with van der Waals surface area (Å²) in [5.74, 6) is -1.04. The fourth-order valence-corrected chi connectivity index (χ4v) is 4.48. The lowest BCUT2D eigenvalue weighted by molar-refractivity contribution is -0.386. The monoisotopic (exact) mass is 418 g/mol. The first-order chi connectivity index (χ1) is 14.8. The molecule has 1 aromatic carbocycles. The summed E-state index contributed by atoms with van der Waals surface area (Å²) < 4.78 is 6.15. The van der Waals surface area contributed by atoms with E-state index in [-0.39, 0.29) is 41.0 Å². The van der Waals surface area contributed by atoms with Crippen LogP contribution < -0.4 is 5.56 Å². The number of para-hydroxylation sites is 1. The molecule has 0 aliphatic carbocycles. The Balaban J connectivity index is 1.98. The first-order valence-corrected chi connectivity index (χ1v) is 9.49. The lowest BCUT2D eigenvalue weighted by atomic mass is 9.84. The van der Waals surface area contributed by atoms with Crippen molar-refractivity contribution in [1.29, 1.82) is 5.26 Å². The van der Waals surface area contributed by atoms with Crippen molar-refractivity contribution in [3.8, 4) is 17.5 Å². The number of esters is 1. The minimum absolute atomic E-state index is 0.0865. The van der Waals surface area contributed by atoms with Gasteiger partial charge in [0.05, 0.1) is 33.7 Å². The van der Waals surface area contributed by atoms with E-state index in [0.29, 0.717) is 16.5 Å². The molecule has 2 aliphatic rings. The van der Waals surface area contributed by atoms with Gasteiger partial charge in [0.2, 0.25) is 0 Å². The Labute approximate surface area is 174 Å². The predicted molar refractivity (Wildman–Crippen MR) is 106 cm³/mol. The molecule has 0 bridgehead atoms. The molecule has 2 aliphatic heterocycles. The lowest BCUT2D eigenvalue weighted by Gasteiger charge is -2.31. The quantitative estimate of drug-likeness (QED) is 0.295. The maximum atomic E-state index is 13.3. The molecule has 10 nitrogen and oxygen atoms in total. The van der Waals surface area contributed by atoms with Gasteiger partial charge in [0, 0.05) is 10.9 Å². The van der Waals surface area contributed by atoms with Gasteiger partial charge in [-0.1, -0.05) is 25.1 Å². The molecule has 0 saturated carbocycles. The van der Waals surface area contributed by atoms with Gasteiger partial charge in [-0.3, -0.25) is 19.5 Å². The average molecular weight is 418 g/mol. The molecular formula is C21H14N4O6. The summed E-state index contributed by atoms with van der Waals surface area (Å²) in [4.78, 5) is 41.6. The van der Waals surface area contributed by atoms with Gasteiger partial charge in [0.1, 0.15) is 24.1 Å². The van der Waals surface area contributed by atoms with E-state index in [1.54, 1.807) is 24.3 Å². The van der Waals surface area contributed by atoms with Crippen molar-refractivity contribution < 1.29 is 19.6 Å². The van der Waals surface area contributed by atoms with E-state index in [1.165, 1.54) is 11.5 Å². The second-order valence-corrected chi connectivity index (χ2v) is 7.43. The van der Waals surface area contributed by atoms with Crippen molar-refractivity contribution in [2.75, 3.05) is 0 Å². The van der Waals surface area contributed by atoms with Gasteiger partial charge in [-0.05, 0) is 12.5 Å². The van der Waals surface area contributed by atoms with Crippen LogP contribution in [-0.4, -0.2) is 25.6 Å². The van der Waals surface area contributed by atoms with Crippen molar-refractivity contribution in [2.45, 2.75) is 32.1 Å². The average Bonchev–Trinajstić information content (AvgIpc) is 3.14. The van der Waals surface area contributed by atoms with Gasteiger partial charge in [0.15, 0.2) is 5.60 Å². The highest BCUT2D eigenvalue weighted by molar-refractivity contribution is 5.93. The SMILES string of the molecule is CC[C@@]1(O)C(=O)OCc2c1c([N+](=O)[O-])c1n(c2=O)Cc2c-1nc1ccccc1c2C#N. The Kier molecular flexibility index (Phi) is 3.78. The number of aliphatic hydroxyl groups is 1. The molecule has 154 valence electrons. The lowest BCUT2D eigenvalue weighted by Crippen LogP contribution is -2.45. The molecule has 1 atom stereocenters. The van der Waals surface area contributed by atoms with Crippen molar-refractivity contribution in [2.24, 2.45) is 0 Å². The van der Waals surface area contributed by atoms with Crippen LogP contribution in [0.1, 0.15) is 35.6 Å². The number of carbonyl (C=O) groups is 1. The number of carbonyl (C=O) groups excluding carboxylic acids is 1. The van der Waals surface area contributed by atoms with Gasteiger partial charge in [0.25, 0.3) is 5.56 Å². The van der Waals surface area contributed by atoms with Crippen LogP contribution in [0.4, 0.5) is 5.69 Å². The number of cyclic esters (lactones) is 1. The summed E-state index contributed by atoms with van der Waals surface area (Å²) in [6, 6.07) is 8.98. The Morgan fingerprint density at radius 1 is 1.35 bits per heavy atom. The molecule has 1 N–H and O–H groups in total. The van der Waals surface area contributed by atoms with Gasteiger partial charge in [-0.15, -0.1) is 0 Å². The molecule has 0 radical (unpaired) electrons. The zero-order valence-electron chi connectivity index (χ0n) is 16.2. The standard InChI is InChI=1S/C21H14N4O6/c1-2-21(28)15-13(9-31-20(21)27)19(26)24-8-12-11(7-22)10-5-3-4-6-14(10)23-16(12)18(24)17(15)25(29)30/h3-6,28H,2,8-9H2,1H3/t21-/m0/s1. The Morgan fingerprint density at radius 2 is 2.10 bits per heavy atom. The summed E-state index contributed by atoms with van der Waals surface area (Å²) in [6.07, 6.45) is -0.218. The van der Waals surface area contributed by atoms with Crippen LogP contribution in [0.25, 0.3) is 22.3 Å².